The molecule has 1 N–H and O–H groups in total. The quantitative estimate of drug-likeness (QED) is 0.827. The zero-order valence-electron chi connectivity index (χ0n) is 14.1. The maximum absolute atomic E-state index is 12.5. The number of anilines is 1. The molecule has 0 bridgehead atoms. The molecule has 0 saturated carbocycles. The van der Waals surface area contributed by atoms with Gasteiger partial charge in [-0.2, -0.15) is 0 Å². The van der Waals surface area contributed by atoms with Gasteiger partial charge in [0.2, 0.25) is 5.91 Å². The summed E-state index contributed by atoms with van der Waals surface area (Å²) in [5.41, 5.74) is 0.856. The van der Waals surface area contributed by atoms with Crippen molar-refractivity contribution >= 4 is 24.0 Å². The van der Waals surface area contributed by atoms with E-state index in [4.69, 9.17) is 9.47 Å². The monoisotopic (exact) mass is 342 g/mol. The van der Waals surface area contributed by atoms with E-state index in [0.29, 0.717) is 30.4 Å². The average Bonchev–Trinajstić information content (AvgIpc) is 3.06. The minimum atomic E-state index is 0. The Labute approximate surface area is 144 Å². The smallest absolute Gasteiger partial charge is 0.226 e. The number of hydrogen-bond acceptors (Lipinski definition) is 4. The molecule has 0 aliphatic carbocycles. The van der Waals surface area contributed by atoms with Gasteiger partial charge in [-0.1, -0.05) is 0 Å². The van der Waals surface area contributed by atoms with Crippen molar-refractivity contribution in [3.8, 4) is 11.5 Å². The minimum absolute atomic E-state index is 0. The molecule has 2 rings (SSSR count). The second kappa shape index (κ2) is 9.63. The van der Waals surface area contributed by atoms with Gasteiger partial charge >= 0.3 is 0 Å². The van der Waals surface area contributed by atoms with Crippen molar-refractivity contribution in [2.24, 2.45) is 5.92 Å². The van der Waals surface area contributed by atoms with Crippen LogP contribution in [0.15, 0.2) is 18.2 Å². The molecule has 1 aliphatic heterocycles. The molecule has 0 radical (unpaired) electrons. The summed E-state index contributed by atoms with van der Waals surface area (Å²) < 4.78 is 10.6. The number of nitrogens with one attached hydrogen (secondary N) is 1. The molecule has 1 atom stereocenters. The zero-order chi connectivity index (χ0) is 15.9. The van der Waals surface area contributed by atoms with Crippen molar-refractivity contribution in [2.45, 2.75) is 26.2 Å². The highest BCUT2D eigenvalue weighted by Gasteiger charge is 2.20. The maximum atomic E-state index is 12.5. The number of halogens is 1. The summed E-state index contributed by atoms with van der Waals surface area (Å²) in [6.45, 7) is 4.75. The third-order valence-corrected chi connectivity index (χ3v) is 4.22. The van der Waals surface area contributed by atoms with Crippen molar-refractivity contribution in [3.63, 3.8) is 0 Å². The molecule has 1 aliphatic rings. The molecule has 1 saturated heterocycles. The van der Waals surface area contributed by atoms with Crippen LogP contribution in [0.3, 0.4) is 0 Å². The molecular formula is C17H27ClN2O3. The molecule has 1 aromatic carbocycles. The van der Waals surface area contributed by atoms with Crippen molar-refractivity contribution in [2.75, 3.05) is 38.8 Å². The normalized spacial score (nSPS) is 16.6. The van der Waals surface area contributed by atoms with Crippen LogP contribution in [0, 0.1) is 5.92 Å². The third-order valence-electron chi connectivity index (χ3n) is 4.22. The molecule has 5 nitrogen and oxygen atoms in total. The second-order valence-electron chi connectivity index (χ2n) is 5.57. The van der Waals surface area contributed by atoms with Gasteiger partial charge < -0.3 is 19.7 Å². The third kappa shape index (κ3) is 5.01. The van der Waals surface area contributed by atoms with Gasteiger partial charge in [0, 0.05) is 24.7 Å². The SMILES string of the molecule is CCN(C(=O)CCC1CCNC1)c1ccc(OC)c(OC)c1.Cl. The highest BCUT2D eigenvalue weighted by atomic mass is 35.5. The molecule has 1 unspecified atom stereocenters. The zero-order valence-corrected chi connectivity index (χ0v) is 14.9. The lowest BCUT2D eigenvalue weighted by atomic mass is 10.0. The van der Waals surface area contributed by atoms with Crippen LogP contribution >= 0.6 is 12.4 Å². The van der Waals surface area contributed by atoms with Crippen LogP contribution in [0.2, 0.25) is 0 Å². The summed E-state index contributed by atoms with van der Waals surface area (Å²) in [7, 11) is 3.21. The van der Waals surface area contributed by atoms with E-state index in [-0.39, 0.29) is 18.3 Å². The number of amides is 1. The Bertz CT molecular complexity index is 505. The lowest BCUT2D eigenvalue weighted by Crippen LogP contribution is -2.31. The van der Waals surface area contributed by atoms with Gasteiger partial charge in [-0.05, 0) is 50.9 Å². The number of carbonyl (C=O) groups excluding carboxylic acids is 1. The predicted molar refractivity (Wildman–Crippen MR) is 95.0 cm³/mol. The Balaban J connectivity index is 0.00000264. The van der Waals surface area contributed by atoms with E-state index in [1.165, 1.54) is 6.42 Å². The van der Waals surface area contributed by atoms with Crippen molar-refractivity contribution in [1.82, 2.24) is 5.32 Å². The number of nitrogens with zero attached hydrogens (tertiary/aromatic N) is 1. The molecule has 23 heavy (non-hydrogen) atoms. The Hall–Kier alpha value is -1.46. The fourth-order valence-corrected chi connectivity index (χ4v) is 2.92. The van der Waals surface area contributed by atoms with Crippen LogP contribution in [-0.2, 0) is 4.79 Å². The van der Waals surface area contributed by atoms with Crippen molar-refractivity contribution < 1.29 is 14.3 Å². The summed E-state index contributed by atoms with van der Waals surface area (Å²) in [6, 6.07) is 5.60. The van der Waals surface area contributed by atoms with Gasteiger partial charge in [0.05, 0.1) is 14.2 Å². The predicted octanol–water partition coefficient (Wildman–Crippen LogP) is 2.87. The number of methoxy groups -OCH3 is 2. The number of ether oxygens (including phenoxy) is 2. The Morgan fingerprint density at radius 3 is 2.61 bits per heavy atom. The summed E-state index contributed by atoms with van der Waals surface area (Å²) in [5, 5.41) is 3.34. The number of hydrogen-bond donors (Lipinski definition) is 1. The fraction of sp³-hybridized carbons (Fsp3) is 0.588. The van der Waals surface area contributed by atoms with Crippen molar-refractivity contribution in [1.29, 1.82) is 0 Å². The van der Waals surface area contributed by atoms with Crippen LogP contribution in [0.1, 0.15) is 26.2 Å². The van der Waals surface area contributed by atoms with E-state index >= 15 is 0 Å². The van der Waals surface area contributed by atoms with E-state index in [1.807, 2.05) is 30.0 Å². The second-order valence-corrected chi connectivity index (χ2v) is 5.57. The van der Waals surface area contributed by atoms with E-state index in [1.54, 1.807) is 14.2 Å². The number of carbonyl (C=O) groups is 1. The van der Waals surface area contributed by atoms with Gasteiger partial charge in [-0.25, -0.2) is 0 Å². The standard InChI is InChI=1S/C17H26N2O3.ClH/c1-4-19(17(20)8-5-13-9-10-18-12-13)14-6-7-15(21-2)16(11-14)22-3;/h6-7,11,13,18H,4-5,8-10,12H2,1-3H3;1H. The Morgan fingerprint density at radius 1 is 1.30 bits per heavy atom. The Morgan fingerprint density at radius 2 is 2.04 bits per heavy atom. The van der Waals surface area contributed by atoms with Gasteiger partial charge in [0.1, 0.15) is 0 Å². The molecule has 1 fully saturated rings. The largest absolute Gasteiger partial charge is 0.493 e. The van der Waals surface area contributed by atoms with Crippen LogP contribution in [0.4, 0.5) is 5.69 Å². The number of rotatable bonds is 7. The maximum Gasteiger partial charge on any atom is 0.226 e. The van der Waals surface area contributed by atoms with E-state index < -0.39 is 0 Å². The lowest BCUT2D eigenvalue weighted by Gasteiger charge is -2.23. The molecule has 1 aromatic rings. The average molecular weight is 343 g/mol. The summed E-state index contributed by atoms with van der Waals surface area (Å²) in [6.07, 6.45) is 2.72. The van der Waals surface area contributed by atoms with Gasteiger partial charge in [0.15, 0.2) is 11.5 Å². The first-order valence-corrected chi connectivity index (χ1v) is 7.92. The lowest BCUT2D eigenvalue weighted by molar-refractivity contribution is -0.118. The van der Waals surface area contributed by atoms with E-state index in [0.717, 1.165) is 25.2 Å². The van der Waals surface area contributed by atoms with E-state index in [2.05, 4.69) is 5.32 Å². The Kier molecular flexibility index (Phi) is 8.20. The summed E-state index contributed by atoms with van der Waals surface area (Å²) >= 11 is 0. The molecule has 1 heterocycles. The highest BCUT2D eigenvalue weighted by molar-refractivity contribution is 5.93. The minimum Gasteiger partial charge on any atom is -0.493 e. The fourth-order valence-electron chi connectivity index (χ4n) is 2.92. The molecule has 0 aromatic heterocycles. The van der Waals surface area contributed by atoms with Gasteiger partial charge in [-0.15, -0.1) is 12.4 Å². The first-order valence-electron chi connectivity index (χ1n) is 7.92. The molecule has 130 valence electrons. The summed E-state index contributed by atoms with van der Waals surface area (Å²) in [4.78, 5) is 14.3. The first-order chi connectivity index (χ1) is 10.7. The molecule has 6 heteroatoms. The van der Waals surface area contributed by atoms with Crippen LogP contribution in [0.25, 0.3) is 0 Å². The number of benzene rings is 1. The first kappa shape index (κ1) is 19.6. The van der Waals surface area contributed by atoms with Crippen molar-refractivity contribution in [3.05, 3.63) is 18.2 Å². The van der Waals surface area contributed by atoms with E-state index in [9.17, 15) is 4.79 Å². The van der Waals surface area contributed by atoms with Gasteiger partial charge in [0.25, 0.3) is 0 Å². The molecular weight excluding hydrogens is 316 g/mol. The van der Waals surface area contributed by atoms with Crippen LogP contribution < -0.4 is 19.7 Å². The highest BCUT2D eigenvalue weighted by Crippen LogP contribution is 2.32. The summed E-state index contributed by atoms with van der Waals surface area (Å²) in [5.74, 6) is 2.12. The molecule has 1 amide bonds. The topological polar surface area (TPSA) is 50.8 Å². The van der Waals surface area contributed by atoms with Crippen LogP contribution in [-0.4, -0.2) is 39.8 Å². The van der Waals surface area contributed by atoms with Gasteiger partial charge in [-0.3, -0.25) is 4.79 Å². The van der Waals surface area contributed by atoms with Crippen LogP contribution in [0.5, 0.6) is 11.5 Å². The molecule has 0 spiro atoms.